The number of aromatic nitrogens is 1. The molecule has 1 saturated heterocycles. The van der Waals surface area contributed by atoms with Crippen LogP contribution in [0.1, 0.15) is 16.2 Å². The number of hydrogen-bond donors (Lipinski definition) is 3. The molecule has 2 aromatic rings. The minimum absolute atomic E-state index is 0.0255. The maximum Gasteiger partial charge on any atom is 0.352 e. The monoisotopic (exact) mass is 507 g/mol. The van der Waals surface area contributed by atoms with Gasteiger partial charge in [0.25, 0.3) is 16.9 Å². The first-order valence-corrected chi connectivity index (χ1v) is 12.3. The molecular weight excluding hydrogens is 490 g/mol. The Morgan fingerprint density at radius 3 is 2.85 bits per heavy atom. The second kappa shape index (κ2) is 9.41. The molecule has 4 N–H and O–H groups in total. The molecule has 4 rings (SSSR count). The largest absolute Gasteiger partial charge is 0.477 e. The number of thioether (sulfide) groups is 2. The maximum atomic E-state index is 12.8. The number of amides is 2. The van der Waals surface area contributed by atoms with Gasteiger partial charge in [-0.1, -0.05) is 11.8 Å². The van der Waals surface area contributed by atoms with Gasteiger partial charge in [-0.3, -0.25) is 24.3 Å². The van der Waals surface area contributed by atoms with Gasteiger partial charge in [0.15, 0.2) is 10.9 Å². The lowest BCUT2D eigenvalue weighted by Gasteiger charge is -2.49. The molecule has 2 amide bonds. The van der Waals surface area contributed by atoms with E-state index < -0.39 is 29.2 Å². The highest BCUT2D eigenvalue weighted by Gasteiger charge is 2.54. The highest BCUT2D eigenvalue weighted by molar-refractivity contribution is 8.14. The number of β-lactam (4-membered cyclic amide) rings is 1. The lowest BCUT2D eigenvalue weighted by atomic mass is 10.0. The number of carboxylic acids is 1. The van der Waals surface area contributed by atoms with Crippen LogP contribution in [0, 0.1) is 0 Å². The average Bonchev–Trinajstić information content (AvgIpc) is 3.47. The maximum absolute atomic E-state index is 12.8. The van der Waals surface area contributed by atoms with Crippen molar-refractivity contribution in [2.45, 2.75) is 11.4 Å². The summed E-state index contributed by atoms with van der Waals surface area (Å²) in [7, 11) is 1.42. The van der Waals surface area contributed by atoms with Gasteiger partial charge < -0.3 is 20.6 Å². The molecule has 14 heteroatoms. The SMILES string of the molecule is CN=C(C(=O)NC1C(=O)N2C(C(=O)O)=C(CSC(=O)c3ccco3)CSC12)c1csc(N)n1. The number of carbonyl (C=O) groups is 4. The molecule has 0 bridgehead atoms. The zero-order valence-electron chi connectivity index (χ0n) is 17.0. The van der Waals surface area contributed by atoms with Gasteiger partial charge in [0.05, 0.1) is 6.26 Å². The molecule has 0 saturated carbocycles. The van der Waals surface area contributed by atoms with Crippen LogP contribution in [0.25, 0.3) is 0 Å². The normalized spacial score (nSPS) is 20.3. The first-order chi connectivity index (χ1) is 15.8. The highest BCUT2D eigenvalue weighted by Crippen LogP contribution is 2.41. The zero-order chi connectivity index (χ0) is 23.7. The van der Waals surface area contributed by atoms with Crippen molar-refractivity contribution in [2.24, 2.45) is 4.99 Å². The molecule has 0 aromatic carbocycles. The molecule has 2 aliphatic rings. The summed E-state index contributed by atoms with van der Waals surface area (Å²) in [6.07, 6.45) is 1.38. The van der Waals surface area contributed by atoms with Gasteiger partial charge in [-0.25, -0.2) is 9.78 Å². The van der Waals surface area contributed by atoms with Gasteiger partial charge in [-0.05, 0) is 17.7 Å². The predicted molar refractivity (Wildman–Crippen MR) is 124 cm³/mol. The minimum atomic E-state index is -1.27. The lowest BCUT2D eigenvalue weighted by Crippen LogP contribution is -2.71. The third kappa shape index (κ3) is 4.41. The number of nitrogens with one attached hydrogen (secondary N) is 1. The number of hydrogen-bond acceptors (Lipinski definition) is 11. The van der Waals surface area contributed by atoms with E-state index in [-0.39, 0.29) is 38.9 Å². The van der Waals surface area contributed by atoms with Crippen molar-refractivity contribution in [1.82, 2.24) is 15.2 Å². The van der Waals surface area contributed by atoms with E-state index in [1.807, 2.05) is 0 Å². The minimum Gasteiger partial charge on any atom is -0.477 e. The summed E-state index contributed by atoms with van der Waals surface area (Å²) in [6, 6.07) is 2.19. The van der Waals surface area contributed by atoms with Crippen LogP contribution in [-0.2, 0) is 14.4 Å². The van der Waals surface area contributed by atoms with Crippen LogP contribution < -0.4 is 11.1 Å². The van der Waals surface area contributed by atoms with Crippen LogP contribution in [0.2, 0.25) is 0 Å². The first-order valence-electron chi connectivity index (χ1n) is 9.41. The fourth-order valence-electron chi connectivity index (χ4n) is 3.35. The summed E-state index contributed by atoms with van der Waals surface area (Å²) in [4.78, 5) is 58.8. The molecule has 4 heterocycles. The van der Waals surface area contributed by atoms with Crippen LogP contribution in [0.4, 0.5) is 5.13 Å². The van der Waals surface area contributed by atoms with Crippen molar-refractivity contribution >= 4 is 68.6 Å². The summed E-state index contributed by atoms with van der Waals surface area (Å²) in [6.45, 7) is 0. The molecule has 11 nitrogen and oxygen atoms in total. The fraction of sp³-hybridized carbons (Fsp3) is 0.263. The summed E-state index contributed by atoms with van der Waals surface area (Å²) in [5.74, 6) is -1.87. The Kier molecular flexibility index (Phi) is 6.58. The number of carbonyl (C=O) groups excluding carboxylic acids is 3. The van der Waals surface area contributed by atoms with E-state index in [2.05, 4.69) is 15.3 Å². The summed E-state index contributed by atoms with van der Waals surface area (Å²) < 4.78 is 5.06. The van der Waals surface area contributed by atoms with E-state index in [4.69, 9.17) is 10.2 Å². The van der Waals surface area contributed by atoms with E-state index in [0.29, 0.717) is 11.3 Å². The van der Waals surface area contributed by atoms with Crippen molar-refractivity contribution in [2.75, 3.05) is 24.3 Å². The van der Waals surface area contributed by atoms with Crippen LogP contribution in [0.5, 0.6) is 0 Å². The number of thiazole rings is 1. The lowest BCUT2D eigenvalue weighted by molar-refractivity contribution is -0.150. The van der Waals surface area contributed by atoms with Crippen LogP contribution in [0.3, 0.4) is 0 Å². The van der Waals surface area contributed by atoms with E-state index in [0.717, 1.165) is 28.0 Å². The second-order valence-corrected chi connectivity index (χ2v) is 9.76. The van der Waals surface area contributed by atoms with E-state index in [1.165, 1.54) is 31.1 Å². The summed E-state index contributed by atoms with van der Waals surface area (Å²) in [5.41, 5.74) is 6.22. The smallest absolute Gasteiger partial charge is 0.352 e. The number of fused-ring (bicyclic) bond motifs is 1. The second-order valence-electron chi connectivity index (χ2n) is 6.81. The number of carboxylic acid groups (broad SMARTS) is 1. The van der Waals surface area contributed by atoms with Crippen molar-refractivity contribution in [3.63, 3.8) is 0 Å². The Morgan fingerprint density at radius 2 is 2.24 bits per heavy atom. The van der Waals surface area contributed by atoms with Crippen LogP contribution in [-0.4, -0.2) is 73.6 Å². The molecular formula is C19H17N5O6S3. The highest BCUT2D eigenvalue weighted by atomic mass is 32.2. The molecule has 2 aliphatic heterocycles. The standard InChI is InChI=1S/C19H17N5O6S3/c1-21-11(9-7-33-19(20)22-9)14(25)23-12-15(26)24-13(17(27)28)8(5-31-16(12)24)6-32-18(29)10-3-2-4-30-10/h2-4,7,12,16H,5-6H2,1H3,(H2,20,22)(H,23,25)(H,27,28). The summed E-state index contributed by atoms with van der Waals surface area (Å²) in [5, 5.41) is 13.3. The molecule has 1 fully saturated rings. The van der Waals surface area contributed by atoms with E-state index in [1.54, 1.807) is 11.4 Å². The zero-order valence-corrected chi connectivity index (χ0v) is 19.5. The van der Waals surface area contributed by atoms with Gasteiger partial charge in [-0.15, -0.1) is 23.1 Å². The average molecular weight is 508 g/mol. The number of nitrogens with two attached hydrogens (primary N) is 1. The summed E-state index contributed by atoms with van der Waals surface area (Å²) >= 11 is 3.37. The van der Waals surface area contributed by atoms with Crippen molar-refractivity contribution < 1.29 is 28.7 Å². The van der Waals surface area contributed by atoms with Gasteiger partial charge in [-0.2, -0.15) is 0 Å². The Balaban J connectivity index is 1.46. The molecule has 0 radical (unpaired) electrons. The Morgan fingerprint density at radius 1 is 1.45 bits per heavy atom. The van der Waals surface area contributed by atoms with Crippen LogP contribution >= 0.6 is 34.9 Å². The van der Waals surface area contributed by atoms with Gasteiger partial charge in [0.1, 0.15) is 28.5 Å². The van der Waals surface area contributed by atoms with E-state index in [9.17, 15) is 24.3 Å². The fourth-order valence-corrected chi connectivity index (χ4v) is 6.18. The number of nitrogens with zero attached hydrogens (tertiary/aromatic N) is 3. The van der Waals surface area contributed by atoms with Gasteiger partial charge in [0, 0.05) is 23.9 Å². The number of furan rings is 1. The molecule has 2 unspecified atom stereocenters. The molecule has 2 aromatic heterocycles. The Hall–Kier alpha value is -3.10. The number of anilines is 1. The van der Waals surface area contributed by atoms with Crippen molar-refractivity contribution in [3.05, 3.63) is 46.5 Å². The molecule has 172 valence electrons. The topological polar surface area (TPSA) is 168 Å². The predicted octanol–water partition coefficient (Wildman–Crippen LogP) is 1.05. The third-order valence-electron chi connectivity index (χ3n) is 4.84. The third-order valence-corrected chi connectivity index (χ3v) is 7.81. The van der Waals surface area contributed by atoms with Crippen molar-refractivity contribution in [1.29, 1.82) is 0 Å². The molecule has 0 spiro atoms. The van der Waals surface area contributed by atoms with Gasteiger partial charge in [0.2, 0.25) is 0 Å². The van der Waals surface area contributed by atoms with Gasteiger partial charge >= 0.3 is 5.97 Å². The number of rotatable bonds is 7. The Bertz CT molecular complexity index is 1190. The Labute approximate surface area is 199 Å². The number of aliphatic carboxylic acids is 1. The van der Waals surface area contributed by atoms with E-state index >= 15 is 0 Å². The number of aliphatic imine (C=N–C) groups is 1. The number of nitrogen functional groups attached to an aromatic ring is 1. The quantitative estimate of drug-likeness (QED) is 0.364. The van der Waals surface area contributed by atoms with Crippen molar-refractivity contribution in [3.8, 4) is 0 Å². The molecule has 2 atom stereocenters. The molecule has 0 aliphatic carbocycles. The van der Waals surface area contributed by atoms with Crippen LogP contribution in [0.15, 0.2) is 44.5 Å². The molecule has 33 heavy (non-hydrogen) atoms. The first kappa shape index (κ1) is 23.1.